The zero-order valence-corrected chi connectivity index (χ0v) is 15.2. The number of benzene rings is 2. The second-order valence-corrected chi connectivity index (χ2v) is 6.39. The fourth-order valence-electron chi connectivity index (χ4n) is 3.12. The van der Waals surface area contributed by atoms with E-state index in [4.69, 9.17) is 9.26 Å². The third-order valence-corrected chi connectivity index (χ3v) is 4.40. The Bertz CT molecular complexity index is 1180. The van der Waals surface area contributed by atoms with Gasteiger partial charge in [-0.3, -0.25) is 19.7 Å². The molecule has 1 aromatic heterocycles. The number of anilines is 1. The molecular weight excluding hydrogens is 376 g/mol. The first-order valence-corrected chi connectivity index (χ1v) is 8.67. The normalized spacial score (nSPS) is 12.2. The highest BCUT2D eigenvalue weighted by molar-refractivity contribution is 6.30. The minimum absolute atomic E-state index is 0.0209. The topological polar surface area (TPSA) is 116 Å². The van der Waals surface area contributed by atoms with Crippen LogP contribution in [0.4, 0.5) is 5.88 Å². The number of aryl methyl sites for hydroxylation is 1. The number of ether oxygens (including phenoxy) is 1. The van der Waals surface area contributed by atoms with Gasteiger partial charge in [-0.1, -0.05) is 41.6 Å². The first-order valence-electron chi connectivity index (χ1n) is 8.67. The van der Waals surface area contributed by atoms with Crippen LogP contribution in [0.1, 0.15) is 47.9 Å². The Balaban J connectivity index is 1.55. The largest absolute Gasteiger partial charge is 0.452 e. The molecule has 0 unspecified atom stereocenters. The van der Waals surface area contributed by atoms with Crippen molar-refractivity contribution in [2.75, 3.05) is 11.9 Å². The predicted octanol–water partition coefficient (Wildman–Crippen LogP) is 2.55. The van der Waals surface area contributed by atoms with Crippen LogP contribution in [-0.2, 0) is 9.53 Å². The Hall–Kier alpha value is -4.07. The molecule has 0 radical (unpaired) electrons. The molecule has 3 aromatic rings. The molecule has 1 aliphatic rings. The molecule has 2 aromatic carbocycles. The second kappa shape index (κ2) is 7.16. The molecule has 29 heavy (non-hydrogen) atoms. The number of nitrogens with zero attached hydrogens (tertiary/aromatic N) is 1. The number of rotatable bonds is 4. The molecule has 0 aliphatic heterocycles. The van der Waals surface area contributed by atoms with Crippen LogP contribution in [0, 0.1) is 6.92 Å². The van der Waals surface area contributed by atoms with Crippen molar-refractivity contribution in [1.29, 1.82) is 0 Å². The van der Waals surface area contributed by atoms with Crippen LogP contribution in [0.5, 0.6) is 0 Å². The predicted molar refractivity (Wildman–Crippen MR) is 99.9 cm³/mol. The highest BCUT2D eigenvalue weighted by atomic mass is 16.5. The van der Waals surface area contributed by atoms with Crippen LogP contribution < -0.4 is 5.32 Å². The van der Waals surface area contributed by atoms with Gasteiger partial charge in [0.15, 0.2) is 18.2 Å². The quantitative estimate of drug-likeness (QED) is 0.532. The summed E-state index contributed by atoms with van der Waals surface area (Å²) in [6.07, 6.45) is 0. The van der Waals surface area contributed by atoms with Crippen LogP contribution in [0.3, 0.4) is 0 Å². The summed E-state index contributed by atoms with van der Waals surface area (Å²) >= 11 is 0. The molecule has 8 nitrogen and oxygen atoms in total. The van der Waals surface area contributed by atoms with E-state index in [1.54, 1.807) is 25.1 Å². The highest BCUT2D eigenvalue weighted by Gasteiger charge is 2.33. The summed E-state index contributed by atoms with van der Waals surface area (Å²) in [4.78, 5) is 50.1. The van der Waals surface area contributed by atoms with Crippen molar-refractivity contribution < 1.29 is 28.4 Å². The number of fused-ring (bicyclic) bond motifs is 2. The number of amides is 1. The molecule has 1 aliphatic carbocycles. The first-order chi connectivity index (χ1) is 14.0. The Labute approximate surface area is 164 Å². The maximum atomic E-state index is 12.9. The van der Waals surface area contributed by atoms with E-state index in [1.165, 1.54) is 30.3 Å². The molecular formula is C21H14N2O6. The molecule has 0 saturated carbocycles. The fourth-order valence-corrected chi connectivity index (χ4v) is 3.12. The minimum Gasteiger partial charge on any atom is -0.452 e. The first kappa shape index (κ1) is 18.3. The van der Waals surface area contributed by atoms with Crippen LogP contribution >= 0.6 is 0 Å². The number of esters is 1. The summed E-state index contributed by atoms with van der Waals surface area (Å²) in [6.45, 7) is 1.09. The zero-order valence-electron chi connectivity index (χ0n) is 15.2. The van der Waals surface area contributed by atoms with E-state index in [-0.39, 0.29) is 39.5 Å². The summed E-state index contributed by atoms with van der Waals surface area (Å²) in [7, 11) is 0. The lowest BCUT2D eigenvalue weighted by molar-refractivity contribution is -0.119. The van der Waals surface area contributed by atoms with Crippen molar-refractivity contribution in [3.05, 3.63) is 82.0 Å². The Morgan fingerprint density at radius 2 is 1.69 bits per heavy atom. The molecule has 0 saturated heterocycles. The molecule has 1 N–H and O–H groups in total. The number of carbonyl (C=O) groups excluding carboxylic acids is 4. The van der Waals surface area contributed by atoms with Gasteiger partial charge >= 0.3 is 5.97 Å². The van der Waals surface area contributed by atoms with Crippen molar-refractivity contribution in [2.24, 2.45) is 0 Å². The van der Waals surface area contributed by atoms with Gasteiger partial charge in [0.05, 0.1) is 11.3 Å². The van der Waals surface area contributed by atoms with Crippen LogP contribution in [-0.4, -0.2) is 35.2 Å². The van der Waals surface area contributed by atoms with Gasteiger partial charge < -0.3 is 9.26 Å². The third kappa shape index (κ3) is 3.31. The lowest BCUT2D eigenvalue weighted by Gasteiger charge is -2.19. The van der Waals surface area contributed by atoms with Crippen molar-refractivity contribution in [3.63, 3.8) is 0 Å². The van der Waals surface area contributed by atoms with Gasteiger partial charge in [-0.05, 0) is 13.0 Å². The van der Waals surface area contributed by atoms with E-state index in [2.05, 4.69) is 10.5 Å². The lowest BCUT2D eigenvalue weighted by Crippen LogP contribution is -2.26. The van der Waals surface area contributed by atoms with Crippen LogP contribution in [0.2, 0.25) is 0 Å². The van der Waals surface area contributed by atoms with Gasteiger partial charge in [-0.25, -0.2) is 4.79 Å². The van der Waals surface area contributed by atoms with Crippen molar-refractivity contribution in [2.45, 2.75) is 6.92 Å². The van der Waals surface area contributed by atoms with E-state index in [0.29, 0.717) is 5.69 Å². The van der Waals surface area contributed by atoms with Crippen molar-refractivity contribution >= 4 is 29.3 Å². The Morgan fingerprint density at radius 3 is 2.38 bits per heavy atom. The van der Waals surface area contributed by atoms with E-state index in [9.17, 15) is 19.2 Å². The smallest absolute Gasteiger partial charge is 0.339 e. The van der Waals surface area contributed by atoms with E-state index >= 15 is 0 Å². The van der Waals surface area contributed by atoms with Gasteiger partial charge in [0, 0.05) is 28.3 Å². The molecule has 1 heterocycles. The Morgan fingerprint density at radius 1 is 1.00 bits per heavy atom. The fraction of sp³-hybridized carbons (Fsp3) is 0.0952. The zero-order chi connectivity index (χ0) is 20.5. The number of hydrogen-bond donors (Lipinski definition) is 1. The summed E-state index contributed by atoms with van der Waals surface area (Å²) in [5.41, 5.74) is 1.13. The highest BCUT2D eigenvalue weighted by Crippen LogP contribution is 2.29. The van der Waals surface area contributed by atoms with Crippen LogP contribution in [0.15, 0.2) is 53.1 Å². The molecule has 144 valence electrons. The summed E-state index contributed by atoms with van der Waals surface area (Å²) in [6, 6.07) is 12.3. The van der Waals surface area contributed by atoms with Gasteiger partial charge in [-0.15, -0.1) is 0 Å². The Kier molecular flexibility index (Phi) is 4.52. The molecule has 4 rings (SSSR count). The molecule has 1 amide bonds. The van der Waals surface area contributed by atoms with E-state index in [0.717, 1.165) is 0 Å². The van der Waals surface area contributed by atoms with E-state index in [1.807, 2.05) is 0 Å². The summed E-state index contributed by atoms with van der Waals surface area (Å²) < 4.78 is 9.89. The third-order valence-electron chi connectivity index (χ3n) is 4.40. The summed E-state index contributed by atoms with van der Waals surface area (Å²) in [5, 5.41) is 6.02. The molecule has 0 atom stereocenters. The maximum absolute atomic E-state index is 12.9. The molecule has 8 heteroatoms. The number of ketones is 2. The number of hydrogen-bond acceptors (Lipinski definition) is 7. The monoisotopic (exact) mass is 390 g/mol. The minimum atomic E-state index is -0.883. The standard InChI is InChI=1S/C21H14N2O6/c1-11-9-17(29-23-11)22-16(24)10-28-21(27)15-8-4-7-14-18(15)20(26)13-6-3-2-5-12(13)19(14)25/h2-9H,10H2,1H3,(H,22,24). The summed E-state index contributed by atoms with van der Waals surface area (Å²) in [5.74, 6) is -2.18. The molecule has 0 spiro atoms. The molecule has 0 bridgehead atoms. The SMILES string of the molecule is Cc1cc(NC(=O)COC(=O)c2cccc3c2C(=O)c2ccccc2C3=O)on1. The van der Waals surface area contributed by atoms with Gasteiger partial charge in [0.25, 0.3) is 5.91 Å². The number of carbonyl (C=O) groups is 4. The van der Waals surface area contributed by atoms with Crippen molar-refractivity contribution in [1.82, 2.24) is 5.16 Å². The second-order valence-electron chi connectivity index (χ2n) is 6.39. The molecule has 0 fully saturated rings. The lowest BCUT2D eigenvalue weighted by atomic mass is 9.82. The van der Waals surface area contributed by atoms with Crippen molar-refractivity contribution in [3.8, 4) is 0 Å². The number of aromatic nitrogens is 1. The van der Waals surface area contributed by atoms with Crippen LogP contribution in [0.25, 0.3) is 0 Å². The average molecular weight is 390 g/mol. The maximum Gasteiger partial charge on any atom is 0.339 e. The average Bonchev–Trinajstić information content (AvgIpc) is 3.14. The van der Waals surface area contributed by atoms with Gasteiger partial charge in [0.2, 0.25) is 5.88 Å². The number of nitrogens with one attached hydrogen (secondary N) is 1. The van der Waals surface area contributed by atoms with Gasteiger partial charge in [-0.2, -0.15) is 0 Å². The van der Waals surface area contributed by atoms with Gasteiger partial charge in [0.1, 0.15) is 0 Å². The van der Waals surface area contributed by atoms with E-state index < -0.39 is 24.3 Å².